The van der Waals surface area contributed by atoms with Crippen molar-refractivity contribution in [3.05, 3.63) is 41.5 Å². The van der Waals surface area contributed by atoms with E-state index in [9.17, 15) is 9.59 Å². The lowest BCUT2D eigenvalue weighted by molar-refractivity contribution is -0.132. The van der Waals surface area contributed by atoms with E-state index in [1.807, 2.05) is 19.9 Å². The van der Waals surface area contributed by atoms with Gasteiger partial charge in [0.1, 0.15) is 0 Å². The molecule has 0 aliphatic heterocycles. The maximum Gasteiger partial charge on any atom is 0.247 e. The van der Waals surface area contributed by atoms with Crippen molar-refractivity contribution in [3.63, 3.8) is 0 Å². The summed E-state index contributed by atoms with van der Waals surface area (Å²) in [7, 11) is 0. The summed E-state index contributed by atoms with van der Waals surface area (Å²) in [5.41, 5.74) is 1.20. The largest absolute Gasteiger partial charge is 0.355 e. The maximum atomic E-state index is 12.3. The van der Waals surface area contributed by atoms with Gasteiger partial charge < -0.3 is 10.2 Å². The molecule has 0 saturated heterocycles. The smallest absolute Gasteiger partial charge is 0.247 e. The zero-order valence-electron chi connectivity index (χ0n) is 13.7. The number of carbonyl (C=O) groups is 2. The highest BCUT2D eigenvalue weighted by Gasteiger charge is 2.13. The van der Waals surface area contributed by atoms with Gasteiger partial charge in [-0.2, -0.15) is 5.26 Å². The van der Waals surface area contributed by atoms with Crippen LogP contribution in [0.15, 0.2) is 30.3 Å². The van der Waals surface area contributed by atoms with Crippen LogP contribution in [-0.2, 0) is 9.59 Å². The van der Waals surface area contributed by atoms with Gasteiger partial charge in [0.2, 0.25) is 11.8 Å². The molecule has 1 N–H and O–H groups in total. The molecular weight excluding hydrogens is 290 g/mol. The summed E-state index contributed by atoms with van der Waals surface area (Å²) in [5, 5.41) is 11.8. The Hall–Kier alpha value is -2.61. The number of carbonyl (C=O) groups excluding carboxylic acids is 2. The molecule has 1 rings (SSSR count). The third-order valence-electron chi connectivity index (χ3n) is 3.20. The highest BCUT2D eigenvalue weighted by atomic mass is 16.2. The number of rotatable bonds is 8. The van der Waals surface area contributed by atoms with E-state index in [1.54, 1.807) is 24.3 Å². The minimum atomic E-state index is -0.230. The Bertz CT molecular complexity index is 603. The van der Waals surface area contributed by atoms with Crippen LogP contribution in [0.3, 0.4) is 0 Å². The number of nitrogens with one attached hydrogen (secondary N) is 1. The van der Waals surface area contributed by atoms with Gasteiger partial charge in [0, 0.05) is 19.2 Å². The SMILES string of the molecule is CCCNC(=O)CN(CCC)C(=O)/C=C/c1ccccc1C#N. The first-order valence-corrected chi connectivity index (χ1v) is 7.85. The van der Waals surface area contributed by atoms with E-state index in [2.05, 4.69) is 11.4 Å². The molecule has 122 valence electrons. The van der Waals surface area contributed by atoms with E-state index in [-0.39, 0.29) is 18.4 Å². The van der Waals surface area contributed by atoms with Crippen molar-refractivity contribution in [3.8, 4) is 6.07 Å². The predicted molar refractivity (Wildman–Crippen MR) is 90.4 cm³/mol. The number of hydrogen-bond acceptors (Lipinski definition) is 3. The van der Waals surface area contributed by atoms with E-state index in [0.29, 0.717) is 24.2 Å². The fourth-order valence-electron chi connectivity index (χ4n) is 2.04. The molecule has 2 amide bonds. The zero-order valence-corrected chi connectivity index (χ0v) is 13.7. The Morgan fingerprint density at radius 2 is 2.00 bits per heavy atom. The lowest BCUT2D eigenvalue weighted by Gasteiger charge is -2.20. The van der Waals surface area contributed by atoms with E-state index in [0.717, 1.165) is 12.8 Å². The van der Waals surface area contributed by atoms with Gasteiger partial charge in [-0.15, -0.1) is 0 Å². The summed E-state index contributed by atoms with van der Waals surface area (Å²) < 4.78 is 0. The van der Waals surface area contributed by atoms with Crippen LogP contribution in [0, 0.1) is 11.3 Å². The molecular formula is C18H23N3O2. The van der Waals surface area contributed by atoms with Crippen molar-refractivity contribution < 1.29 is 9.59 Å². The summed E-state index contributed by atoms with van der Waals surface area (Å²) in [6, 6.07) is 9.16. The average Bonchev–Trinajstić information content (AvgIpc) is 2.57. The molecule has 1 aromatic carbocycles. The van der Waals surface area contributed by atoms with Crippen molar-refractivity contribution in [1.82, 2.24) is 10.2 Å². The summed E-state index contributed by atoms with van der Waals surface area (Å²) in [5.74, 6) is -0.384. The van der Waals surface area contributed by atoms with Gasteiger partial charge in [0.05, 0.1) is 18.2 Å². The van der Waals surface area contributed by atoms with Crippen LogP contribution < -0.4 is 5.32 Å². The molecule has 0 saturated carbocycles. The number of amides is 2. The van der Waals surface area contributed by atoms with Gasteiger partial charge in [-0.25, -0.2) is 0 Å². The molecule has 0 heterocycles. The molecule has 1 aromatic rings. The van der Waals surface area contributed by atoms with Crippen LogP contribution in [0.2, 0.25) is 0 Å². The van der Waals surface area contributed by atoms with Crippen LogP contribution in [0.5, 0.6) is 0 Å². The quantitative estimate of drug-likeness (QED) is 0.749. The Morgan fingerprint density at radius 1 is 1.26 bits per heavy atom. The Balaban J connectivity index is 2.76. The number of nitriles is 1. The number of nitrogens with zero attached hydrogens (tertiary/aromatic N) is 2. The van der Waals surface area contributed by atoms with Crippen LogP contribution in [0.25, 0.3) is 6.08 Å². The van der Waals surface area contributed by atoms with E-state index >= 15 is 0 Å². The highest BCUT2D eigenvalue weighted by Crippen LogP contribution is 2.09. The van der Waals surface area contributed by atoms with Crippen molar-refractivity contribution in [2.24, 2.45) is 0 Å². The lowest BCUT2D eigenvalue weighted by Crippen LogP contribution is -2.40. The minimum absolute atomic E-state index is 0.0525. The molecule has 0 atom stereocenters. The summed E-state index contributed by atoms with van der Waals surface area (Å²) >= 11 is 0. The molecule has 0 spiro atoms. The molecule has 0 unspecified atom stereocenters. The van der Waals surface area contributed by atoms with E-state index in [4.69, 9.17) is 5.26 Å². The Labute approximate surface area is 137 Å². The van der Waals surface area contributed by atoms with Crippen molar-refractivity contribution in [1.29, 1.82) is 5.26 Å². The van der Waals surface area contributed by atoms with Gasteiger partial charge in [-0.3, -0.25) is 9.59 Å². The Morgan fingerprint density at radius 3 is 2.65 bits per heavy atom. The second-order valence-electron chi connectivity index (χ2n) is 5.14. The second-order valence-corrected chi connectivity index (χ2v) is 5.14. The first-order chi connectivity index (χ1) is 11.1. The fraction of sp³-hybridized carbons (Fsp3) is 0.389. The van der Waals surface area contributed by atoms with Crippen LogP contribution in [0.1, 0.15) is 37.8 Å². The summed E-state index contributed by atoms with van der Waals surface area (Å²) in [6.07, 6.45) is 4.67. The molecule has 0 radical (unpaired) electrons. The number of benzene rings is 1. The molecule has 0 bridgehead atoms. The van der Waals surface area contributed by atoms with Crippen LogP contribution in [-0.4, -0.2) is 36.3 Å². The van der Waals surface area contributed by atoms with Crippen LogP contribution in [0.4, 0.5) is 0 Å². The molecule has 23 heavy (non-hydrogen) atoms. The molecule has 0 fully saturated rings. The third-order valence-corrected chi connectivity index (χ3v) is 3.20. The molecule has 0 aromatic heterocycles. The third kappa shape index (κ3) is 6.35. The molecule has 5 nitrogen and oxygen atoms in total. The number of hydrogen-bond donors (Lipinski definition) is 1. The van der Waals surface area contributed by atoms with Crippen molar-refractivity contribution in [2.75, 3.05) is 19.6 Å². The minimum Gasteiger partial charge on any atom is -0.355 e. The van der Waals surface area contributed by atoms with Gasteiger partial charge in [0.15, 0.2) is 0 Å². The van der Waals surface area contributed by atoms with Gasteiger partial charge in [-0.05, 0) is 30.5 Å². The fourth-order valence-corrected chi connectivity index (χ4v) is 2.04. The van der Waals surface area contributed by atoms with Gasteiger partial charge in [-0.1, -0.05) is 32.0 Å². The van der Waals surface area contributed by atoms with Crippen molar-refractivity contribution >= 4 is 17.9 Å². The van der Waals surface area contributed by atoms with E-state index in [1.165, 1.54) is 11.0 Å². The van der Waals surface area contributed by atoms with E-state index < -0.39 is 0 Å². The van der Waals surface area contributed by atoms with Gasteiger partial charge in [0.25, 0.3) is 0 Å². The highest BCUT2D eigenvalue weighted by molar-refractivity contribution is 5.94. The summed E-state index contributed by atoms with van der Waals surface area (Å²) in [4.78, 5) is 25.6. The summed E-state index contributed by atoms with van der Waals surface area (Å²) in [6.45, 7) is 5.11. The molecule has 5 heteroatoms. The first kappa shape index (κ1) is 18.4. The van der Waals surface area contributed by atoms with Gasteiger partial charge >= 0.3 is 0 Å². The molecule has 0 aliphatic carbocycles. The van der Waals surface area contributed by atoms with Crippen molar-refractivity contribution in [2.45, 2.75) is 26.7 Å². The lowest BCUT2D eigenvalue weighted by atomic mass is 10.1. The predicted octanol–water partition coefficient (Wildman–Crippen LogP) is 2.34. The molecule has 0 aliphatic rings. The maximum absolute atomic E-state index is 12.3. The topological polar surface area (TPSA) is 73.2 Å². The van der Waals surface area contributed by atoms with Crippen LogP contribution >= 0.6 is 0 Å². The Kier molecular flexibility index (Phi) is 8.16. The zero-order chi connectivity index (χ0) is 17.1. The average molecular weight is 313 g/mol. The standard InChI is InChI=1S/C18H23N3O2/c1-3-11-20-17(22)14-21(12-4-2)18(23)10-9-15-7-5-6-8-16(15)13-19/h5-10H,3-4,11-12,14H2,1-2H3,(H,20,22)/b10-9+. The second kappa shape index (κ2) is 10.2. The monoisotopic (exact) mass is 313 g/mol. The first-order valence-electron chi connectivity index (χ1n) is 7.85. The normalized spacial score (nSPS) is 10.3.